The molecule has 1 atom stereocenters. The molecule has 0 aliphatic rings. The van der Waals surface area contributed by atoms with Crippen LogP contribution in [0.2, 0.25) is 0 Å². The van der Waals surface area contributed by atoms with E-state index in [0.717, 1.165) is 17.8 Å². The maximum Gasteiger partial charge on any atom is 0.240 e. The van der Waals surface area contributed by atoms with Crippen molar-refractivity contribution in [2.75, 3.05) is 6.54 Å². The molecule has 18 heavy (non-hydrogen) atoms. The smallest absolute Gasteiger partial charge is 0.240 e. The molecule has 1 aromatic rings. The summed E-state index contributed by atoms with van der Waals surface area (Å²) in [5.41, 5.74) is 1.57. The van der Waals surface area contributed by atoms with E-state index in [0.29, 0.717) is 0 Å². The number of hydrogen-bond donors (Lipinski definition) is 2. The van der Waals surface area contributed by atoms with Gasteiger partial charge < -0.3 is 10.6 Å². The number of likely N-dealkylation sites (N-methyl/N-ethyl adjacent to an activating group) is 1. The van der Waals surface area contributed by atoms with Crippen molar-refractivity contribution >= 4 is 5.91 Å². The number of rotatable bonds is 5. The molecular formula is C13H24N4O. The lowest BCUT2D eigenvalue weighted by Crippen LogP contribution is -2.53. The molecule has 0 spiro atoms. The van der Waals surface area contributed by atoms with Gasteiger partial charge in [-0.2, -0.15) is 5.10 Å². The Hall–Kier alpha value is -1.36. The first kappa shape index (κ1) is 14.7. The van der Waals surface area contributed by atoms with Gasteiger partial charge in [0.05, 0.1) is 17.8 Å². The Morgan fingerprint density at radius 3 is 2.61 bits per heavy atom. The van der Waals surface area contributed by atoms with Crippen molar-refractivity contribution in [3.63, 3.8) is 0 Å². The maximum atomic E-state index is 12.2. The normalized spacial score (nSPS) is 13.4. The Morgan fingerprint density at radius 1 is 1.56 bits per heavy atom. The van der Waals surface area contributed by atoms with Crippen molar-refractivity contribution in [2.45, 2.75) is 46.2 Å². The Kier molecular flexibility index (Phi) is 4.51. The summed E-state index contributed by atoms with van der Waals surface area (Å²) in [6.07, 6.45) is 1.81. The van der Waals surface area contributed by atoms with Crippen molar-refractivity contribution in [1.82, 2.24) is 20.4 Å². The maximum absolute atomic E-state index is 12.2. The van der Waals surface area contributed by atoms with Crippen LogP contribution in [0.5, 0.6) is 0 Å². The van der Waals surface area contributed by atoms with Gasteiger partial charge in [-0.3, -0.25) is 9.48 Å². The summed E-state index contributed by atoms with van der Waals surface area (Å²) in [5, 5.41) is 10.4. The van der Waals surface area contributed by atoms with E-state index >= 15 is 0 Å². The number of aryl methyl sites for hydroxylation is 1. The summed E-state index contributed by atoms with van der Waals surface area (Å²) in [7, 11) is 1.90. The molecule has 1 heterocycles. The highest BCUT2D eigenvalue weighted by molar-refractivity contribution is 5.85. The highest BCUT2D eigenvalue weighted by Crippen LogP contribution is 2.17. The van der Waals surface area contributed by atoms with Gasteiger partial charge >= 0.3 is 0 Å². The molecular weight excluding hydrogens is 228 g/mol. The number of aromatic nitrogens is 2. The average molecular weight is 252 g/mol. The molecule has 1 amide bonds. The first-order valence-electron chi connectivity index (χ1n) is 6.34. The molecule has 2 N–H and O–H groups in total. The quantitative estimate of drug-likeness (QED) is 0.830. The second-order valence-electron chi connectivity index (χ2n) is 5.16. The average Bonchev–Trinajstić information content (AvgIpc) is 2.59. The topological polar surface area (TPSA) is 59.0 Å². The van der Waals surface area contributed by atoms with Crippen LogP contribution in [0.4, 0.5) is 0 Å². The van der Waals surface area contributed by atoms with Crippen LogP contribution >= 0.6 is 0 Å². The SMILES string of the molecule is CCNC(C)(C)C(=O)NC(C)c1cnn(C)c1C. The van der Waals surface area contributed by atoms with Gasteiger partial charge in [0.15, 0.2) is 0 Å². The number of carbonyl (C=O) groups is 1. The predicted octanol–water partition coefficient (Wildman–Crippen LogP) is 1.29. The molecule has 102 valence electrons. The van der Waals surface area contributed by atoms with E-state index in [1.807, 2.05) is 46.3 Å². The van der Waals surface area contributed by atoms with Crippen LogP contribution in [0, 0.1) is 6.92 Å². The number of hydrogen-bond acceptors (Lipinski definition) is 3. The Labute approximate surface area is 109 Å². The molecule has 0 saturated carbocycles. The highest BCUT2D eigenvalue weighted by atomic mass is 16.2. The summed E-state index contributed by atoms with van der Waals surface area (Å²) in [6, 6.07) is -0.0378. The van der Waals surface area contributed by atoms with Gasteiger partial charge in [-0.1, -0.05) is 6.92 Å². The summed E-state index contributed by atoms with van der Waals surface area (Å²) in [5.74, 6) is 0.0000954. The van der Waals surface area contributed by atoms with Crippen LogP contribution in [-0.2, 0) is 11.8 Å². The lowest BCUT2D eigenvalue weighted by atomic mass is 10.0. The van der Waals surface area contributed by atoms with Crippen LogP contribution in [-0.4, -0.2) is 27.8 Å². The van der Waals surface area contributed by atoms with Crippen molar-refractivity contribution in [1.29, 1.82) is 0 Å². The first-order valence-corrected chi connectivity index (χ1v) is 6.34. The van der Waals surface area contributed by atoms with Crippen LogP contribution < -0.4 is 10.6 Å². The second-order valence-corrected chi connectivity index (χ2v) is 5.16. The fourth-order valence-electron chi connectivity index (χ4n) is 1.92. The van der Waals surface area contributed by atoms with E-state index in [-0.39, 0.29) is 11.9 Å². The predicted molar refractivity (Wildman–Crippen MR) is 72.3 cm³/mol. The molecule has 1 aromatic heterocycles. The zero-order chi connectivity index (χ0) is 13.9. The van der Waals surface area contributed by atoms with E-state index in [9.17, 15) is 4.79 Å². The van der Waals surface area contributed by atoms with E-state index in [2.05, 4.69) is 15.7 Å². The van der Waals surface area contributed by atoms with E-state index < -0.39 is 5.54 Å². The number of nitrogens with one attached hydrogen (secondary N) is 2. The minimum Gasteiger partial charge on any atom is -0.348 e. The third-order valence-corrected chi connectivity index (χ3v) is 3.27. The van der Waals surface area contributed by atoms with Gasteiger partial charge in [-0.25, -0.2) is 0 Å². The van der Waals surface area contributed by atoms with Gasteiger partial charge in [0, 0.05) is 18.3 Å². The molecule has 0 aliphatic carbocycles. The zero-order valence-corrected chi connectivity index (χ0v) is 12.2. The second kappa shape index (κ2) is 5.52. The van der Waals surface area contributed by atoms with Crippen molar-refractivity contribution in [3.05, 3.63) is 17.5 Å². The van der Waals surface area contributed by atoms with E-state index in [4.69, 9.17) is 0 Å². The Balaban J connectivity index is 2.74. The fourth-order valence-corrected chi connectivity index (χ4v) is 1.92. The standard InChI is InChI=1S/C13H24N4O/c1-7-14-13(4,5)12(18)16-9(2)11-8-15-17(6)10(11)3/h8-9,14H,7H2,1-6H3,(H,16,18). The molecule has 0 fully saturated rings. The van der Waals surface area contributed by atoms with Crippen LogP contribution in [0.1, 0.15) is 45.0 Å². The molecule has 0 bridgehead atoms. The Bertz CT molecular complexity index is 423. The van der Waals surface area contributed by atoms with Crippen LogP contribution in [0.15, 0.2) is 6.20 Å². The number of nitrogens with zero attached hydrogens (tertiary/aromatic N) is 2. The minimum atomic E-state index is -0.556. The lowest BCUT2D eigenvalue weighted by Gasteiger charge is -2.26. The van der Waals surface area contributed by atoms with Gasteiger partial charge in [0.1, 0.15) is 0 Å². The van der Waals surface area contributed by atoms with Crippen molar-refractivity contribution in [3.8, 4) is 0 Å². The molecule has 1 rings (SSSR count). The van der Waals surface area contributed by atoms with Crippen LogP contribution in [0.3, 0.4) is 0 Å². The van der Waals surface area contributed by atoms with Gasteiger partial charge in [0.25, 0.3) is 0 Å². The monoisotopic (exact) mass is 252 g/mol. The van der Waals surface area contributed by atoms with Crippen LogP contribution in [0.25, 0.3) is 0 Å². The molecule has 5 nitrogen and oxygen atoms in total. The van der Waals surface area contributed by atoms with Gasteiger partial charge in [-0.15, -0.1) is 0 Å². The largest absolute Gasteiger partial charge is 0.348 e. The van der Waals surface area contributed by atoms with Crippen molar-refractivity contribution < 1.29 is 4.79 Å². The van der Waals surface area contributed by atoms with E-state index in [1.165, 1.54) is 0 Å². The summed E-state index contributed by atoms with van der Waals surface area (Å²) < 4.78 is 1.81. The summed E-state index contributed by atoms with van der Waals surface area (Å²) in [4.78, 5) is 12.2. The molecule has 0 saturated heterocycles. The number of amides is 1. The van der Waals surface area contributed by atoms with Gasteiger partial charge in [-0.05, 0) is 34.2 Å². The summed E-state index contributed by atoms with van der Waals surface area (Å²) >= 11 is 0. The molecule has 0 radical (unpaired) electrons. The molecule has 0 aliphatic heterocycles. The van der Waals surface area contributed by atoms with Gasteiger partial charge in [0.2, 0.25) is 5.91 Å². The first-order chi connectivity index (χ1) is 8.29. The molecule has 5 heteroatoms. The number of carbonyl (C=O) groups excluding carboxylic acids is 1. The lowest BCUT2D eigenvalue weighted by molar-refractivity contribution is -0.127. The highest BCUT2D eigenvalue weighted by Gasteiger charge is 2.28. The molecule has 1 unspecified atom stereocenters. The third kappa shape index (κ3) is 3.10. The third-order valence-electron chi connectivity index (χ3n) is 3.27. The fraction of sp³-hybridized carbons (Fsp3) is 0.692. The van der Waals surface area contributed by atoms with E-state index in [1.54, 1.807) is 6.20 Å². The zero-order valence-electron chi connectivity index (χ0n) is 12.2. The molecule has 0 aromatic carbocycles. The van der Waals surface area contributed by atoms with Crippen molar-refractivity contribution in [2.24, 2.45) is 7.05 Å². The Morgan fingerprint density at radius 2 is 2.17 bits per heavy atom. The minimum absolute atomic E-state index is 0.0000954. The summed E-state index contributed by atoms with van der Waals surface area (Å²) in [6.45, 7) is 10.5.